The lowest BCUT2D eigenvalue weighted by Crippen LogP contribution is -2.40. The second-order valence-corrected chi connectivity index (χ2v) is 4.46. The molecule has 18 heavy (non-hydrogen) atoms. The molecule has 1 aliphatic heterocycles. The quantitative estimate of drug-likeness (QED) is 0.759. The van der Waals surface area contributed by atoms with Crippen LogP contribution in [0.1, 0.15) is 16.8 Å². The van der Waals surface area contributed by atoms with Crippen LogP contribution >= 0.6 is 11.6 Å². The standard InChI is InChI=1S/C11H11ClN2O4/c12-9-2-1-6(4-13-9)10(16)14-5-7(15)3-8(14)11(17)18/h1-2,4,7-8,15H,3,5H2,(H,17,18)/t7-,8-/m0/s1. The minimum Gasteiger partial charge on any atom is -0.480 e. The van der Waals surface area contributed by atoms with Gasteiger partial charge in [-0.1, -0.05) is 11.6 Å². The van der Waals surface area contributed by atoms with Crippen molar-refractivity contribution in [2.24, 2.45) is 0 Å². The predicted octanol–water partition coefficient (Wildman–Crippen LogP) is 0.395. The van der Waals surface area contributed by atoms with Gasteiger partial charge in [-0.2, -0.15) is 0 Å². The number of hydrogen-bond acceptors (Lipinski definition) is 4. The van der Waals surface area contributed by atoms with Crippen molar-refractivity contribution in [3.63, 3.8) is 0 Å². The Morgan fingerprint density at radius 1 is 1.44 bits per heavy atom. The number of carboxylic acid groups (broad SMARTS) is 1. The summed E-state index contributed by atoms with van der Waals surface area (Å²) in [7, 11) is 0. The van der Waals surface area contributed by atoms with Crippen molar-refractivity contribution in [1.82, 2.24) is 9.88 Å². The van der Waals surface area contributed by atoms with Gasteiger partial charge in [-0.05, 0) is 12.1 Å². The molecule has 0 radical (unpaired) electrons. The largest absolute Gasteiger partial charge is 0.480 e. The van der Waals surface area contributed by atoms with Gasteiger partial charge in [0.25, 0.3) is 5.91 Å². The third kappa shape index (κ3) is 2.44. The molecule has 6 nitrogen and oxygen atoms in total. The minimum absolute atomic E-state index is 0.0123. The van der Waals surface area contributed by atoms with Crippen LogP contribution < -0.4 is 0 Å². The van der Waals surface area contributed by atoms with Crippen molar-refractivity contribution in [2.45, 2.75) is 18.6 Å². The van der Waals surface area contributed by atoms with Gasteiger partial charge in [0.15, 0.2) is 0 Å². The van der Waals surface area contributed by atoms with Crippen LogP contribution in [-0.4, -0.2) is 50.7 Å². The SMILES string of the molecule is O=C(O)[C@@H]1C[C@H](O)CN1C(=O)c1ccc(Cl)nc1. The molecule has 2 N–H and O–H groups in total. The topological polar surface area (TPSA) is 90.7 Å². The molecule has 1 saturated heterocycles. The van der Waals surface area contributed by atoms with Crippen LogP contribution in [-0.2, 0) is 4.79 Å². The van der Waals surface area contributed by atoms with Gasteiger partial charge in [-0.25, -0.2) is 9.78 Å². The van der Waals surface area contributed by atoms with E-state index in [2.05, 4.69) is 4.98 Å². The predicted molar refractivity (Wildman–Crippen MR) is 62.3 cm³/mol. The molecule has 1 amide bonds. The van der Waals surface area contributed by atoms with Crippen LogP contribution in [0.3, 0.4) is 0 Å². The number of aliphatic hydroxyl groups excluding tert-OH is 1. The highest BCUT2D eigenvalue weighted by Crippen LogP contribution is 2.21. The Morgan fingerprint density at radius 2 is 2.17 bits per heavy atom. The number of likely N-dealkylation sites (tertiary alicyclic amines) is 1. The van der Waals surface area contributed by atoms with Crippen molar-refractivity contribution in [1.29, 1.82) is 0 Å². The fourth-order valence-corrected chi connectivity index (χ4v) is 2.05. The van der Waals surface area contributed by atoms with Gasteiger partial charge in [-0.3, -0.25) is 4.79 Å². The maximum atomic E-state index is 12.1. The summed E-state index contributed by atoms with van der Waals surface area (Å²) in [5, 5.41) is 18.7. The number of carbonyl (C=O) groups is 2. The second-order valence-electron chi connectivity index (χ2n) is 4.07. The highest BCUT2D eigenvalue weighted by Gasteiger charge is 2.39. The number of carboxylic acids is 1. The molecule has 1 aliphatic rings. The van der Waals surface area contributed by atoms with Crippen LogP contribution in [0.15, 0.2) is 18.3 Å². The number of rotatable bonds is 2. The first-order chi connectivity index (χ1) is 8.49. The van der Waals surface area contributed by atoms with Gasteiger partial charge >= 0.3 is 5.97 Å². The first-order valence-corrected chi connectivity index (χ1v) is 5.70. The molecule has 0 aliphatic carbocycles. The third-order valence-electron chi connectivity index (χ3n) is 2.80. The van der Waals surface area contributed by atoms with E-state index in [0.29, 0.717) is 0 Å². The molecular weight excluding hydrogens is 260 g/mol. The molecule has 0 bridgehead atoms. The smallest absolute Gasteiger partial charge is 0.326 e. The van der Waals surface area contributed by atoms with Crippen LogP contribution in [0, 0.1) is 0 Å². The van der Waals surface area contributed by atoms with Crippen molar-refractivity contribution >= 4 is 23.5 Å². The van der Waals surface area contributed by atoms with Crippen molar-refractivity contribution in [3.8, 4) is 0 Å². The van der Waals surface area contributed by atoms with E-state index in [-0.39, 0.29) is 23.7 Å². The lowest BCUT2D eigenvalue weighted by Gasteiger charge is -2.20. The van der Waals surface area contributed by atoms with Crippen molar-refractivity contribution in [2.75, 3.05) is 6.54 Å². The summed E-state index contributed by atoms with van der Waals surface area (Å²) >= 11 is 5.61. The minimum atomic E-state index is -1.12. The van der Waals surface area contributed by atoms with Crippen molar-refractivity contribution < 1.29 is 19.8 Å². The number of β-amino-alcohol motifs (C(OH)–C–C–N with tert-alkyl or cyclic N) is 1. The number of aliphatic carboxylic acids is 1. The fraction of sp³-hybridized carbons (Fsp3) is 0.364. The molecule has 0 aromatic carbocycles. The third-order valence-corrected chi connectivity index (χ3v) is 3.02. The zero-order valence-electron chi connectivity index (χ0n) is 9.28. The molecule has 2 heterocycles. The maximum absolute atomic E-state index is 12.1. The maximum Gasteiger partial charge on any atom is 0.326 e. The van der Waals surface area contributed by atoms with E-state index in [1.807, 2.05) is 0 Å². The van der Waals surface area contributed by atoms with E-state index in [4.69, 9.17) is 16.7 Å². The highest BCUT2D eigenvalue weighted by molar-refractivity contribution is 6.29. The zero-order chi connectivity index (χ0) is 13.3. The van der Waals surface area contributed by atoms with Gasteiger partial charge < -0.3 is 15.1 Å². The van der Waals surface area contributed by atoms with Gasteiger partial charge in [0, 0.05) is 19.2 Å². The number of halogens is 1. The molecular formula is C11H11ClN2O4. The first kappa shape index (κ1) is 12.8. The van der Waals surface area contributed by atoms with E-state index in [9.17, 15) is 14.7 Å². The number of carbonyl (C=O) groups excluding carboxylic acids is 1. The Balaban J connectivity index is 2.22. The monoisotopic (exact) mass is 270 g/mol. The molecule has 0 spiro atoms. The molecule has 1 aromatic rings. The van der Waals surface area contributed by atoms with Crippen molar-refractivity contribution in [3.05, 3.63) is 29.0 Å². The Hall–Kier alpha value is -1.66. The van der Waals surface area contributed by atoms with E-state index < -0.39 is 24.0 Å². The van der Waals surface area contributed by atoms with Gasteiger partial charge in [0.2, 0.25) is 0 Å². The Kier molecular flexibility index (Phi) is 3.49. The van der Waals surface area contributed by atoms with E-state index in [0.717, 1.165) is 4.90 Å². The summed E-state index contributed by atoms with van der Waals surface area (Å²) in [6.07, 6.45) is 0.520. The van der Waals surface area contributed by atoms with E-state index in [1.54, 1.807) is 0 Å². The normalized spacial score (nSPS) is 23.1. The first-order valence-electron chi connectivity index (χ1n) is 5.32. The fourth-order valence-electron chi connectivity index (χ4n) is 1.94. The number of pyridine rings is 1. The average molecular weight is 271 g/mol. The van der Waals surface area contributed by atoms with Gasteiger partial charge in [-0.15, -0.1) is 0 Å². The van der Waals surface area contributed by atoms with Gasteiger partial charge in [0.05, 0.1) is 11.7 Å². The Bertz CT molecular complexity index is 476. The Morgan fingerprint density at radius 3 is 2.72 bits per heavy atom. The molecule has 7 heteroatoms. The molecule has 2 rings (SSSR count). The van der Waals surface area contributed by atoms with Gasteiger partial charge in [0.1, 0.15) is 11.2 Å². The van der Waals surface area contributed by atoms with Crippen LogP contribution in [0.25, 0.3) is 0 Å². The molecule has 0 saturated carbocycles. The molecule has 96 valence electrons. The summed E-state index contributed by atoms with van der Waals surface area (Å²) in [5.74, 6) is -1.59. The number of aliphatic hydroxyl groups is 1. The van der Waals surface area contributed by atoms with Crippen LogP contribution in [0.4, 0.5) is 0 Å². The number of hydrogen-bond donors (Lipinski definition) is 2. The summed E-state index contributed by atoms with van der Waals surface area (Å²) < 4.78 is 0. The summed E-state index contributed by atoms with van der Waals surface area (Å²) in [4.78, 5) is 28.0. The molecule has 1 aromatic heterocycles. The Labute approximate surface area is 108 Å². The molecule has 2 atom stereocenters. The molecule has 1 fully saturated rings. The molecule has 0 unspecified atom stereocenters. The average Bonchev–Trinajstić information content (AvgIpc) is 2.71. The lowest BCUT2D eigenvalue weighted by atomic mass is 10.2. The van der Waals surface area contributed by atoms with E-state index in [1.165, 1.54) is 18.3 Å². The number of aromatic nitrogens is 1. The summed E-state index contributed by atoms with van der Waals surface area (Å²) in [6, 6.07) is 1.93. The number of amides is 1. The summed E-state index contributed by atoms with van der Waals surface area (Å²) in [5.41, 5.74) is 0.250. The lowest BCUT2D eigenvalue weighted by molar-refractivity contribution is -0.141. The van der Waals surface area contributed by atoms with E-state index >= 15 is 0 Å². The second kappa shape index (κ2) is 4.91. The zero-order valence-corrected chi connectivity index (χ0v) is 10.0. The summed E-state index contributed by atoms with van der Waals surface area (Å²) in [6.45, 7) is 0.0123. The highest BCUT2D eigenvalue weighted by atomic mass is 35.5. The number of nitrogens with zero attached hydrogens (tertiary/aromatic N) is 2. The van der Waals surface area contributed by atoms with Crippen LogP contribution in [0.2, 0.25) is 5.15 Å². The van der Waals surface area contributed by atoms with Crippen LogP contribution in [0.5, 0.6) is 0 Å².